The monoisotopic (exact) mass is 362 g/mol. The van der Waals surface area contributed by atoms with Crippen LogP contribution in [0.5, 0.6) is 0 Å². The molecule has 5 heteroatoms. The van der Waals surface area contributed by atoms with Gasteiger partial charge in [0.2, 0.25) is 5.78 Å². The van der Waals surface area contributed by atoms with Crippen molar-refractivity contribution in [1.29, 1.82) is 0 Å². The minimum absolute atomic E-state index is 0.227. The average molecular weight is 363 g/mol. The first-order valence-electron chi connectivity index (χ1n) is 8.06. The molecule has 0 aliphatic heterocycles. The Labute approximate surface area is 150 Å². The van der Waals surface area contributed by atoms with Crippen LogP contribution in [0.25, 0.3) is 0 Å². The van der Waals surface area contributed by atoms with Crippen LogP contribution in [-0.4, -0.2) is 17.9 Å². The number of hydrogen-bond acceptors (Lipinski definition) is 4. The first-order chi connectivity index (χ1) is 11.4. The lowest BCUT2D eigenvalue weighted by molar-refractivity contribution is 0.0323. The summed E-state index contributed by atoms with van der Waals surface area (Å²) in [6.07, 6.45) is 2.37. The van der Waals surface area contributed by atoms with Gasteiger partial charge in [-0.3, -0.25) is 4.79 Å². The van der Waals surface area contributed by atoms with E-state index in [0.29, 0.717) is 21.4 Å². The van der Waals surface area contributed by atoms with Gasteiger partial charge in [0.1, 0.15) is 4.88 Å². The van der Waals surface area contributed by atoms with E-state index in [1.165, 1.54) is 21.8 Å². The smallest absolute Gasteiger partial charge is 0.349 e. The lowest BCUT2D eigenvalue weighted by Crippen LogP contribution is -2.24. The van der Waals surface area contributed by atoms with E-state index in [0.717, 1.165) is 19.3 Å². The van der Waals surface area contributed by atoms with Crippen molar-refractivity contribution < 1.29 is 14.3 Å². The van der Waals surface area contributed by atoms with Crippen molar-refractivity contribution in [3.63, 3.8) is 0 Å². The molecule has 0 fully saturated rings. The summed E-state index contributed by atoms with van der Waals surface area (Å²) in [5.41, 5.74) is 1.74. The van der Waals surface area contributed by atoms with Gasteiger partial charge in [-0.2, -0.15) is 0 Å². The number of Topliss-reactive ketones (excluding diaryl/α,β-unsaturated/α-hetero) is 1. The molecule has 0 bridgehead atoms. The van der Waals surface area contributed by atoms with Crippen molar-refractivity contribution in [1.82, 2.24) is 0 Å². The van der Waals surface area contributed by atoms with Gasteiger partial charge in [-0.15, -0.1) is 11.3 Å². The third kappa shape index (κ3) is 3.70. The van der Waals surface area contributed by atoms with Crippen LogP contribution in [0.15, 0.2) is 30.3 Å². The zero-order chi connectivity index (χ0) is 17.3. The fourth-order valence-corrected chi connectivity index (χ4v) is 4.14. The maximum atomic E-state index is 12.4. The third-order valence-corrected chi connectivity index (χ3v) is 5.78. The SMILES string of the molecule is C[C@H]1CCc2sc(C(=O)O[C@@H](C)C(=O)c3ccc(Cl)cc3)cc2C1. The van der Waals surface area contributed by atoms with Crippen molar-refractivity contribution in [2.45, 2.75) is 39.2 Å². The van der Waals surface area contributed by atoms with Gasteiger partial charge in [0, 0.05) is 15.5 Å². The standard InChI is InChI=1S/C19H19ClO3S/c1-11-3-8-16-14(9-11)10-17(24-16)19(22)23-12(2)18(21)13-4-6-15(20)7-5-13/h4-7,10-12H,3,8-9H2,1-2H3/t11-,12-/m0/s1. The fraction of sp³-hybridized carbons (Fsp3) is 0.368. The molecule has 24 heavy (non-hydrogen) atoms. The first kappa shape index (κ1) is 17.2. The summed E-state index contributed by atoms with van der Waals surface area (Å²) in [6.45, 7) is 3.83. The van der Waals surface area contributed by atoms with Gasteiger partial charge in [-0.25, -0.2) is 4.79 Å². The summed E-state index contributed by atoms with van der Waals surface area (Å²) in [5, 5.41) is 0.564. The Kier molecular flexibility index (Phi) is 5.07. The minimum Gasteiger partial charge on any atom is -0.450 e. The zero-order valence-corrected chi connectivity index (χ0v) is 15.2. The van der Waals surface area contributed by atoms with Crippen LogP contribution < -0.4 is 0 Å². The van der Waals surface area contributed by atoms with Crippen LogP contribution in [0.4, 0.5) is 0 Å². The predicted molar refractivity (Wildman–Crippen MR) is 96.2 cm³/mol. The van der Waals surface area contributed by atoms with Gasteiger partial charge < -0.3 is 4.74 Å². The van der Waals surface area contributed by atoms with Gasteiger partial charge in [-0.1, -0.05) is 18.5 Å². The molecule has 0 radical (unpaired) electrons. The maximum Gasteiger partial charge on any atom is 0.349 e. The first-order valence-corrected chi connectivity index (χ1v) is 9.26. The van der Waals surface area contributed by atoms with Crippen molar-refractivity contribution >= 4 is 34.7 Å². The summed E-state index contributed by atoms with van der Waals surface area (Å²) >= 11 is 7.32. The summed E-state index contributed by atoms with van der Waals surface area (Å²) in [6, 6.07) is 8.51. The van der Waals surface area contributed by atoms with Crippen LogP contribution >= 0.6 is 22.9 Å². The van der Waals surface area contributed by atoms with Crippen molar-refractivity contribution in [3.8, 4) is 0 Å². The number of benzene rings is 1. The molecule has 0 unspecified atom stereocenters. The molecule has 1 aliphatic rings. The number of esters is 1. The lowest BCUT2D eigenvalue weighted by atomic mass is 9.90. The number of fused-ring (bicyclic) bond motifs is 1. The quantitative estimate of drug-likeness (QED) is 0.570. The number of thiophene rings is 1. The Balaban J connectivity index is 1.68. The molecule has 0 N–H and O–H groups in total. The number of aryl methyl sites for hydroxylation is 1. The zero-order valence-electron chi connectivity index (χ0n) is 13.7. The molecule has 1 aliphatic carbocycles. The van der Waals surface area contributed by atoms with Crippen molar-refractivity contribution in [2.75, 3.05) is 0 Å². The van der Waals surface area contributed by atoms with E-state index < -0.39 is 12.1 Å². The van der Waals surface area contributed by atoms with Crippen molar-refractivity contribution in [3.05, 3.63) is 56.2 Å². The van der Waals surface area contributed by atoms with Crippen LogP contribution in [0.2, 0.25) is 5.02 Å². The molecule has 1 aromatic carbocycles. The predicted octanol–water partition coefficient (Wildman–Crippen LogP) is 4.95. The molecule has 3 nitrogen and oxygen atoms in total. The fourth-order valence-electron chi connectivity index (χ4n) is 2.93. The number of halogens is 1. The molecule has 3 rings (SSSR count). The Bertz CT molecular complexity index is 763. The summed E-state index contributed by atoms with van der Waals surface area (Å²) in [7, 11) is 0. The van der Waals surface area contributed by atoms with Crippen LogP contribution in [0.3, 0.4) is 0 Å². The number of ether oxygens (including phenoxy) is 1. The molecule has 2 atom stereocenters. The van der Waals surface area contributed by atoms with Gasteiger partial charge in [0.25, 0.3) is 0 Å². The van der Waals surface area contributed by atoms with E-state index in [2.05, 4.69) is 6.92 Å². The molecule has 0 spiro atoms. The number of rotatable bonds is 4. The second kappa shape index (κ2) is 7.08. The molecular weight excluding hydrogens is 344 g/mol. The number of carbonyl (C=O) groups excluding carboxylic acids is 2. The van der Waals surface area contributed by atoms with E-state index in [4.69, 9.17) is 16.3 Å². The summed E-state index contributed by atoms with van der Waals surface area (Å²) in [5.74, 6) is 0.00759. The van der Waals surface area contributed by atoms with Crippen LogP contribution in [-0.2, 0) is 17.6 Å². The number of hydrogen-bond donors (Lipinski definition) is 0. The molecular formula is C19H19ClO3S. The Morgan fingerprint density at radius 1 is 1.29 bits per heavy atom. The third-order valence-electron chi connectivity index (χ3n) is 4.31. The maximum absolute atomic E-state index is 12.4. The summed E-state index contributed by atoms with van der Waals surface area (Å²) in [4.78, 5) is 26.6. The second-order valence-corrected chi connectivity index (χ2v) is 7.90. The largest absolute Gasteiger partial charge is 0.450 e. The van der Waals surface area contributed by atoms with Gasteiger partial charge in [-0.05, 0) is 68.0 Å². The lowest BCUT2D eigenvalue weighted by Gasteiger charge is -2.16. The normalized spacial score (nSPS) is 17.9. The highest BCUT2D eigenvalue weighted by Gasteiger charge is 2.24. The molecule has 1 heterocycles. The van der Waals surface area contributed by atoms with Gasteiger partial charge in [0.15, 0.2) is 6.10 Å². The van der Waals surface area contributed by atoms with Gasteiger partial charge in [0.05, 0.1) is 0 Å². The van der Waals surface area contributed by atoms with Crippen LogP contribution in [0, 0.1) is 5.92 Å². The molecule has 0 amide bonds. The van der Waals surface area contributed by atoms with E-state index >= 15 is 0 Å². The second-order valence-electron chi connectivity index (χ2n) is 6.33. The van der Waals surface area contributed by atoms with E-state index in [1.54, 1.807) is 31.2 Å². The highest BCUT2D eigenvalue weighted by Crippen LogP contribution is 2.32. The molecule has 126 valence electrons. The van der Waals surface area contributed by atoms with E-state index in [1.807, 2.05) is 6.07 Å². The number of ketones is 1. The Morgan fingerprint density at radius 3 is 2.71 bits per heavy atom. The van der Waals surface area contributed by atoms with E-state index in [9.17, 15) is 9.59 Å². The minimum atomic E-state index is -0.822. The van der Waals surface area contributed by atoms with Crippen LogP contribution in [0.1, 0.15) is 50.7 Å². The molecule has 2 aromatic rings. The van der Waals surface area contributed by atoms with Crippen molar-refractivity contribution in [2.24, 2.45) is 5.92 Å². The molecule has 0 saturated heterocycles. The molecule has 0 saturated carbocycles. The average Bonchev–Trinajstić information content (AvgIpc) is 2.98. The van der Waals surface area contributed by atoms with E-state index in [-0.39, 0.29) is 5.78 Å². The van der Waals surface area contributed by atoms with Gasteiger partial charge >= 0.3 is 5.97 Å². The number of carbonyl (C=O) groups is 2. The molecule has 1 aromatic heterocycles. The topological polar surface area (TPSA) is 43.4 Å². The highest BCUT2D eigenvalue weighted by molar-refractivity contribution is 7.14. The highest BCUT2D eigenvalue weighted by atomic mass is 35.5. The Hall–Kier alpha value is -1.65. The summed E-state index contributed by atoms with van der Waals surface area (Å²) < 4.78 is 5.38. The Morgan fingerprint density at radius 2 is 2.00 bits per heavy atom.